The minimum absolute atomic E-state index is 0.000504. The molecule has 1 aliphatic rings. The van der Waals surface area contributed by atoms with Crippen LogP contribution in [-0.2, 0) is 11.2 Å². The smallest absolute Gasteiger partial charge is 0.253 e. The Hall–Kier alpha value is -4.53. The van der Waals surface area contributed by atoms with Gasteiger partial charge in [-0.15, -0.1) is 0 Å². The second-order valence-electron chi connectivity index (χ2n) is 7.92. The number of hydrogen-bond donors (Lipinski definition) is 3. The number of carbonyl (C=O) groups is 3. The lowest BCUT2D eigenvalue weighted by atomic mass is 10.0. The van der Waals surface area contributed by atoms with Crippen molar-refractivity contribution in [1.82, 2.24) is 25.2 Å². The van der Waals surface area contributed by atoms with Gasteiger partial charge in [0.15, 0.2) is 5.82 Å². The normalized spacial score (nSPS) is 12.7. The van der Waals surface area contributed by atoms with Crippen molar-refractivity contribution in [2.45, 2.75) is 12.8 Å². The van der Waals surface area contributed by atoms with Crippen LogP contribution in [-0.4, -0.2) is 46.4 Å². The highest BCUT2D eigenvalue weighted by Gasteiger charge is 2.23. The van der Waals surface area contributed by atoms with Gasteiger partial charge >= 0.3 is 0 Å². The Balaban J connectivity index is 1.77. The number of fused-ring (bicyclic) bond motifs is 2. The van der Waals surface area contributed by atoms with Gasteiger partial charge in [-0.2, -0.15) is 0 Å². The Bertz CT molecular complexity index is 1470. The van der Waals surface area contributed by atoms with Crippen LogP contribution < -0.4 is 16.0 Å². The van der Waals surface area contributed by atoms with E-state index in [4.69, 9.17) is 4.98 Å². The van der Waals surface area contributed by atoms with Crippen LogP contribution in [0.2, 0.25) is 0 Å². The number of hydrogen-bond acceptors (Lipinski definition) is 5. The molecule has 0 fully saturated rings. The fraction of sp³-hybridized carbons (Fsp3) is 0.160. The van der Waals surface area contributed by atoms with Gasteiger partial charge in [0.1, 0.15) is 5.69 Å². The Morgan fingerprint density at radius 3 is 2.62 bits per heavy atom. The molecule has 2 aromatic heterocycles. The molecule has 4 aromatic rings. The number of nitrogens with zero attached hydrogens (tertiary/aromatic N) is 3. The SMILES string of the molecule is CNC(=O)c1ccc2c(c1)nc(-c1ncccc1C(=O)NC)n2-c1ccc2c(c1)CCC(=O)N2. The molecule has 2 aromatic carbocycles. The fourth-order valence-corrected chi connectivity index (χ4v) is 4.20. The van der Waals surface area contributed by atoms with E-state index in [1.165, 1.54) is 0 Å². The van der Waals surface area contributed by atoms with Crippen molar-refractivity contribution in [1.29, 1.82) is 0 Å². The molecule has 0 spiro atoms. The molecule has 0 radical (unpaired) electrons. The number of aryl methyl sites for hydroxylation is 1. The van der Waals surface area contributed by atoms with E-state index in [0.717, 1.165) is 22.5 Å². The van der Waals surface area contributed by atoms with Gasteiger partial charge < -0.3 is 16.0 Å². The highest BCUT2D eigenvalue weighted by Crippen LogP contribution is 2.32. The summed E-state index contributed by atoms with van der Waals surface area (Å²) in [5.41, 5.74) is 5.26. The second-order valence-corrected chi connectivity index (χ2v) is 7.92. The first-order valence-corrected chi connectivity index (χ1v) is 10.9. The predicted octanol–water partition coefficient (Wildman–Crippen LogP) is 2.69. The Morgan fingerprint density at radius 1 is 1.00 bits per heavy atom. The zero-order valence-corrected chi connectivity index (χ0v) is 18.7. The largest absolute Gasteiger partial charge is 0.355 e. The lowest BCUT2D eigenvalue weighted by Gasteiger charge is -2.19. The number of carbonyl (C=O) groups excluding carboxylic acids is 3. The molecule has 3 N–H and O–H groups in total. The highest BCUT2D eigenvalue weighted by atomic mass is 16.2. The summed E-state index contributed by atoms with van der Waals surface area (Å²) in [4.78, 5) is 45.9. The number of benzene rings is 2. The van der Waals surface area contributed by atoms with Gasteiger partial charge in [-0.3, -0.25) is 23.9 Å². The molecule has 9 nitrogen and oxygen atoms in total. The highest BCUT2D eigenvalue weighted by molar-refractivity contribution is 6.01. The molecule has 170 valence electrons. The van der Waals surface area contributed by atoms with Crippen molar-refractivity contribution in [3.05, 3.63) is 71.4 Å². The van der Waals surface area contributed by atoms with Crippen molar-refractivity contribution < 1.29 is 14.4 Å². The predicted molar refractivity (Wildman–Crippen MR) is 128 cm³/mol. The van der Waals surface area contributed by atoms with E-state index in [2.05, 4.69) is 20.9 Å². The summed E-state index contributed by atoms with van der Waals surface area (Å²) < 4.78 is 1.93. The third kappa shape index (κ3) is 3.57. The summed E-state index contributed by atoms with van der Waals surface area (Å²) in [5.74, 6) is -0.0187. The number of imidazole rings is 1. The Kier molecular flexibility index (Phi) is 5.29. The molecule has 9 heteroatoms. The first-order valence-electron chi connectivity index (χ1n) is 10.9. The lowest BCUT2D eigenvalue weighted by molar-refractivity contribution is -0.116. The average molecular weight is 454 g/mol. The molecule has 3 amide bonds. The maximum Gasteiger partial charge on any atom is 0.253 e. The van der Waals surface area contributed by atoms with Crippen LogP contribution in [0.4, 0.5) is 5.69 Å². The fourth-order valence-electron chi connectivity index (χ4n) is 4.20. The molecule has 0 aliphatic carbocycles. The Morgan fingerprint density at radius 2 is 1.82 bits per heavy atom. The van der Waals surface area contributed by atoms with E-state index in [1.54, 1.807) is 44.6 Å². The zero-order chi connectivity index (χ0) is 23.8. The van der Waals surface area contributed by atoms with Gasteiger partial charge in [0, 0.05) is 43.7 Å². The van der Waals surface area contributed by atoms with E-state index in [9.17, 15) is 14.4 Å². The van der Waals surface area contributed by atoms with Crippen molar-refractivity contribution >= 4 is 34.4 Å². The van der Waals surface area contributed by atoms with Gasteiger partial charge in [-0.1, -0.05) is 0 Å². The monoisotopic (exact) mass is 454 g/mol. The van der Waals surface area contributed by atoms with Crippen LogP contribution in [0.25, 0.3) is 28.2 Å². The van der Waals surface area contributed by atoms with Crippen LogP contribution in [0.3, 0.4) is 0 Å². The summed E-state index contributed by atoms with van der Waals surface area (Å²) in [6, 6.07) is 14.5. The van der Waals surface area contributed by atoms with Crippen molar-refractivity contribution in [2.24, 2.45) is 0 Å². The van der Waals surface area contributed by atoms with E-state index in [0.29, 0.717) is 41.0 Å². The minimum atomic E-state index is -0.277. The summed E-state index contributed by atoms with van der Waals surface area (Å²) in [7, 11) is 3.14. The van der Waals surface area contributed by atoms with E-state index < -0.39 is 0 Å². The number of rotatable bonds is 4. The third-order valence-corrected chi connectivity index (χ3v) is 5.88. The van der Waals surface area contributed by atoms with Crippen LogP contribution in [0, 0.1) is 0 Å². The number of pyridine rings is 1. The van der Waals surface area contributed by atoms with Gasteiger partial charge in [0.25, 0.3) is 11.8 Å². The van der Waals surface area contributed by atoms with Crippen LogP contribution in [0.1, 0.15) is 32.7 Å². The second kappa shape index (κ2) is 8.43. The molecular formula is C25H22N6O3. The number of anilines is 1. The first kappa shape index (κ1) is 21.3. The molecule has 0 unspecified atom stereocenters. The molecular weight excluding hydrogens is 432 g/mol. The average Bonchev–Trinajstić information content (AvgIpc) is 3.26. The van der Waals surface area contributed by atoms with Crippen molar-refractivity contribution in [3.63, 3.8) is 0 Å². The van der Waals surface area contributed by atoms with Gasteiger partial charge in [-0.25, -0.2) is 4.98 Å². The molecule has 5 rings (SSSR count). The van der Waals surface area contributed by atoms with Crippen LogP contribution in [0.15, 0.2) is 54.7 Å². The molecule has 34 heavy (non-hydrogen) atoms. The minimum Gasteiger partial charge on any atom is -0.355 e. The number of aromatic nitrogens is 3. The molecule has 0 saturated heterocycles. The molecule has 1 aliphatic heterocycles. The molecule has 0 saturated carbocycles. The number of amides is 3. The first-order chi connectivity index (χ1) is 16.5. The van der Waals surface area contributed by atoms with Crippen molar-refractivity contribution in [3.8, 4) is 17.2 Å². The topological polar surface area (TPSA) is 118 Å². The number of nitrogens with one attached hydrogen (secondary N) is 3. The van der Waals surface area contributed by atoms with E-state index in [-0.39, 0.29) is 17.7 Å². The summed E-state index contributed by atoms with van der Waals surface area (Å²) >= 11 is 0. The molecule has 0 atom stereocenters. The van der Waals surface area contributed by atoms with Crippen LogP contribution in [0.5, 0.6) is 0 Å². The lowest BCUT2D eigenvalue weighted by Crippen LogP contribution is -2.20. The van der Waals surface area contributed by atoms with Gasteiger partial charge in [0.05, 0.1) is 16.6 Å². The Labute approximate surface area is 195 Å². The summed E-state index contributed by atoms with van der Waals surface area (Å²) in [6.45, 7) is 0. The zero-order valence-electron chi connectivity index (χ0n) is 18.7. The maximum absolute atomic E-state index is 12.6. The summed E-state index contributed by atoms with van der Waals surface area (Å²) in [6.07, 6.45) is 2.67. The van der Waals surface area contributed by atoms with E-state index in [1.807, 2.05) is 28.8 Å². The molecule has 3 heterocycles. The maximum atomic E-state index is 12.6. The molecule has 0 bridgehead atoms. The third-order valence-electron chi connectivity index (χ3n) is 5.88. The van der Waals surface area contributed by atoms with Crippen LogP contribution >= 0.6 is 0 Å². The van der Waals surface area contributed by atoms with Crippen molar-refractivity contribution in [2.75, 3.05) is 19.4 Å². The van der Waals surface area contributed by atoms with Gasteiger partial charge in [0.2, 0.25) is 5.91 Å². The van der Waals surface area contributed by atoms with E-state index >= 15 is 0 Å². The van der Waals surface area contributed by atoms with Gasteiger partial charge in [-0.05, 0) is 60.5 Å². The quantitative estimate of drug-likeness (QED) is 0.438. The standard InChI is InChI=1S/C25H22N6O3/c1-26-24(33)15-5-9-20-19(13-15)30-23(22-17(25(34)27-2)4-3-11-28-22)31(20)16-7-8-18-14(12-16)6-10-21(32)29-18/h3-5,7-9,11-13H,6,10H2,1-2H3,(H,26,33)(H,27,34)(H,29,32). The summed E-state index contributed by atoms with van der Waals surface area (Å²) in [5, 5.41) is 8.18.